The number of piperidine rings is 1. The molecule has 60 heavy (non-hydrogen) atoms. The van der Waals surface area contributed by atoms with Crippen molar-refractivity contribution in [2.45, 2.75) is 95.6 Å². The van der Waals surface area contributed by atoms with E-state index in [0.717, 1.165) is 77.9 Å². The third kappa shape index (κ3) is 6.18. The second-order valence-electron chi connectivity index (χ2n) is 18.7. The van der Waals surface area contributed by atoms with E-state index in [4.69, 9.17) is 14.5 Å². The smallest absolute Gasteiger partial charge is 0.411 e. The molecule has 306 valence electrons. The lowest BCUT2D eigenvalue weighted by Gasteiger charge is -2.35. The molecule has 9 nitrogen and oxygen atoms in total. The number of fused-ring (bicyclic) bond motifs is 6. The molecule has 2 saturated carbocycles. The molecule has 2 bridgehead atoms. The number of ether oxygens (including phenoxy) is 2. The van der Waals surface area contributed by atoms with Crippen molar-refractivity contribution < 1.29 is 27.8 Å². The van der Waals surface area contributed by atoms with Gasteiger partial charge in [-0.3, -0.25) is 9.80 Å². The number of rotatable bonds is 6. The molecule has 2 N–H and O–H groups in total. The second kappa shape index (κ2) is 13.3. The fourth-order valence-electron chi connectivity index (χ4n) is 10.5. The molecule has 4 heterocycles. The first-order valence-corrected chi connectivity index (χ1v) is 21.2. The van der Waals surface area contributed by atoms with Gasteiger partial charge in [-0.05, 0) is 140 Å². The van der Waals surface area contributed by atoms with Gasteiger partial charge in [-0.25, -0.2) is 14.6 Å². The summed E-state index contributed by atoms with van der Waals surface area (Å²) < 4.78 is 44.7. The zero-order chi connectivity index (χ0) is 41.1. The van der Waals surface area contributed by atoms with E-state index in [1.54, 1.807) is 24.3 Å². The first-order chi connectivity index (χ1) is 28.8. The van der Waals surface area contributed by atoms with Gasteiger partial charge in [0.15, 0.2) is 0 Å². The van der Waals surface area contributed by atoms with Gasteiger partial charge in [0, 0.05) is 35.1 Å². The fraction of sp³-hybridized carbons (Fsp3) is 0.367. The molecule has 4 fully saturated rings. The Hall–Kier alpha value is -5.97. The van der Waals surface area contributed by atoms with Crippen molar-refractivity contribution in [2.24, 2.45) is 11.3 Å². The highest BCUT2D eigenvalue weighted by atomic mass is 19.3. The molecule has 4 aromatic carbocycles. The molecule has 5 aliphatic rings. The first kappa shape index (κ1) is 37.1. The van der Waals surface area contributed by atoms with Crippen LogP contribution in [0, 0.1) is 11.3 Å². The average molecular weight is 808 g/mol. The minimum atomic E-state index is -3.21. The Kier molecular flexibility index (Phi) is 8.19. The van der Waals surface area contributed by atoms with Gasteiger partial charge in [0.2, 0.25) is 0 Å². The standard InChI is InChI=1S/C49H47F2N5O4/c1-47(2,3)60-46(58)56-33-13-9-32(21-33)43(56)44-53-39-16-12-30(24-41(39)54-44)29-10-14-34-35-15-11-31(23-37(35)49(50,51)36(34)22-29)38-17-18-40(52-38)42-25-48(19-20-48)27-55(42)45(57)59-26-28-7-5-4-6-8-28/h4-8,10-12,14-18,22-24,32-33,42-43,52H,9,13,19-21,25-27H2,1-3H3,(H,53,54)/t32-,33+,42-,43+/m0/s1. The van der Waals surface area contributed by atoms with Gasteiger partial charge in [-0.15, -0.1) is 0 Å². The van der Waals surface area contributed by atoms with Crippen molar-refractivity contribution in [3.05, 3.63) is 125 Å². The van der Waals surface area contributed by atoms with Crippen LogP contribution in [0.1, 0.15) is 99.6 Å². The summed E-state index contributed by atoms with van der Waals surface area (Å²) in [7, 11) is 0. The van der Waals surface area contributed by atoms with Crippen LogP contribution in [0.15, 0.2) is 97.1 Å². The number of aromatic nitrogens is 3. The maximum Gasteiger partial charge on any atom is 0.411 e. The molecule has 0 radical (unpaired) electrons. The summed E-state index contributed by atoms with van der Waals surface area (Å²) >= 11 is 0. The molecule has 11 heteroatoms. The number of carbonyl (C=O) groups excluding carboxylic acids is 2. The van der Waals surface area contributed by atoms with Crippen LogP contribution >= 0.6 is 0 Å². The van der Waals surface area contributed by atoms with E-state index in [2.05, 4.69) is 9.97 Å². The minimum absolute atomic E-state index is 0.0231. The topological polar surface area (TPSA) is 104 Å². The van der Waals surface area contributed by atoms with Crippen molar-refractivity contribution in [1.82, 2.24) is 24.8 Å². The van der Waals surface area contributed by atoms with Crippen LogP contribution in [0.4, 0.5) is 18.4 Å². The summed E-state index contributed by atoms with van der Waals surface area (Å²) in [4.78, 5) is 42.4. The van der Waals surface area contributed by atoms with Gasteiger partial charge in [-0.2, -0.15) is 8.78 Å². The number of amides is 2. The Balaban J connectivity index is 0.837. The van der Waals surface area contributed by atoms with Crippen LogP contribution in [-0.4, -0.2) is 55.1 Å². The van der Waals surface area contributed by atoms with Crippen molar-refractivity contribution in [3.8, 4) is 33.5 Å². The van der Waals surface area contributed by atoms with Crippen molar-refractivity contribution in [2.75, 3.05) is 6.54 Å². The maximum atomic E-state index is 16.6. The summed E-state index contributed by atoms with van der Waals surface area (Å²) in [6, 6.07) is 29.7. The zero-order valence-corrected chi connectivity index (χ0v) is 33.9. The van der Waals surface area contributed by atoms with Crippen molar-refractivity contribution in [1.29, 1.82) is 0 Å². The van der Waals surface area contributed by atoms with Gasteiger partial charge >= 0.3 is 12.2 Å². The van der Waals surface area contributed by atoms with Crippen LogP contribution in [0.25, 0.3) is 44.5 Å². The predicted octanol–water partition coefficient (Wildman–Crippen LogP) is 11.7. The molecule has 1 spiro atoms. The highest BCUT2D eigenvalue weighted by Gasteiger charge is 2.55. The van der Waals surface area contributed by atoms with E-state index in [1.165, 1.54) is 0 Å². The Bertz CT molecular complexity index is 2690. The number of hydrogen-bond donors (Lipinski definition) is 2. The number of likely N-dealkylation sites (tertiary alicyclic amines) is 2. The van der Waals surface area contributed by atoms with Gasteiger partial charge in [0.25, 0.3) is 5.92 Å². The summed E-state index contributed by atoms with van der Waals surface area (Å²) in [5, 5.41) is 0. The highest BCUT2D eigenvalue weighted by Crippen LogP contribution is 2.59. The second-order valence-corrected chi connectivity index (χ2v) is 18.7. The van der Waals surface area contributed by atoms with Crippen molar-refractivity contribution >= 4 is 23.2 Å². The Morgan fingerprint density at radius 2 is 1.55 bits per heavy atom. The zero-order valence-electron chi connectivity index (χ0n) is 33.9. The largest absolute Gasteiger partial charge is 0.445 e. The maximum absolute atomic E-state index is 16.6. The van der Waals surface area contributed by atoms with Gasteiger partial charge in [0.1, 0.15) is 18.0 Å². The predicted molar refractivity (Wildman–Crippen MR) is 224 cm³/mol. The fourth-order valence-corrected chi connectivity index (χ4v) is 10.5. The lowest BCUT2D eigenvalue weighted by atomic mass is 9.98. The normalized spacial score (nSPS) is 23.0. The number of nitrogens with zero attached hydrogens (tertiary/aromatic N) is 3. The first-order valence-electron chi connectivity index (χ1n) is 21.2. The van der Waals surface area contributed by atoms with Gasteiger partial charge in [-0.1, -0.05) is 60.7 Å². The van der Waals surface area contributed by atoms with E-state index in [9.17, 15) is 9.59 Å². The minimum Gasteiger partial charge on any atom is -0.445 e. The van der Waals surface area contributed by atoms with Gasteiger partial charge < -0.3 is 19.4 Å². The molecule has 0 unspecified atom stereocenters. The number of benzene rings is 4. The van der Waals surface area contributed by atoms with Crippen molar-refractivity contribution in [3.63, 3.8) is 0 Å². The number of alkyl halides is 2. The molecule has 2 aromatic heterocycles. The number of carbonyl (C=O) groups is 2. The van der Waals surface area contributed by atoms with E-state index < -0.39 is 11.5 Å². The van der Waals surface area contributed by atoms with Crippen LogP contribution in [0.3, 0.4) is 0 Å². The summed E-state index contributed by atoms with van der Waals surface area (Å²) in [5.41, 5.74) is 6.72. The van der Waals surface area contributed by atoms with E-state index in [-0.39, 0.29) is 53.5 Å². The number of halogens is 2. The number of H-pyrrole nitrogens is 2. The van der Waals surface area contributed by atoms with Crippen LogP contribution in [0.2, 0.25) is 0 Å². The van der Waals surface area contributed by atoms with Gasteiger partial charge in [0.05, 0.1) is 23.1 Å². The molecule has 2 amide bonds. The number of nitrogens with one attached hydrogen (secondary N) is 2. The lowest BCUT2D eigenvalue weighted by Crippen LogP contribution is -2.43. The Labute approximate surface area is 347 Å². The van der Waals surface area contributed by atoms with Crippen LogP contribution in [0.5, 0.6) is 0 Å². The SMILES string of the molecule is CC(C)(C)OC(=O)N1[C@@H]2CC[C@@H](C2)[C@@H]1c1nc2ccc(-c3ccc4c(c3)C(F)(F)c3cc(-c5ccc([C@@H]6CC7(CC7)CN6C(=O)OCc6ccccc6)[nH]5)ccc3-4)cc2[nH]1. The van der Waals surface area contributed by atoms with Crippen LogP contribution < -0.4 is 0 Å². The molecule has 4 atom stereocenters. The van der Waals surface area contributed by atoms with E-state index >= 15 is 8.78 Å². The van der Waals surface area contributed by atoms with Crippen LogP contribution in [-0.2, 0) is 22.0 Å². The summed E-state index contributed by atoms with van der Waals surface area (Å²) in [6.45, 7) is 6.49. The molecule has 11 rings (SSSR count). The molecule has 6 aromatic rings. The van der Waals surface area contributed by atoms with E-state index in [1.807, 2.05) is 103 Å². The lowest BCUT2D eigenvalue weighted by molar-refractivity contribution is 0.00620. The molecular formula is C49H47F2N5O4. The number of aromatic amines is 2. The Morgan fingerprint density at radius 3 is 2.30 bits per heavy atom. The molecule has 2 saturated heterocycles. The molecule has 2 aliphatic heterocycles. The average Bonchev–Trinajstić information content (AvgIpc) is 3.88. The molecular weight excluding hydrogens is 761 g/mol. The number of imidazole rings is 1. The third-order valence-electron chi connectivity index (χ3n) is 13.6. The van der Waals surface area contributed by atoms with E-state index in [0.29, 0.717) is 34.7 Å². The number of hydrogen-bond acceptors (Lipinski definition) is 5. The summed E-state index contributed by atoms with van der Waals surface area (Å²) in [5.74, 6) is -2.18. The summed E-state index contributed by atoms with van der Waals surface area (Å²) in [6.07, 6.45) is 5.27. The Morgan fingerprint density at radius 1 is 0.833 bits per heavy atom. The quantitative estimate of drug-likeness (QED) is 0.174. The molecule has 3 aliphatic carbocycles. The third-order valence-corrected chi connectivity index (χ3v) is 13.6. The monoisotopic (exact) mass is 807 g/mol. The highest BCUT2D eigenvalue weighted by molar-refractivity contribution is 5.87.